The van der Waals surface area contributed by atoms with Gasteiger partial charge in [-0.15, -0.1) is 0 Å². The number of allylic oxidation sites excluding steroid dienone is 1. The molecule has 36 heavy (non-hydrogen) atoms. The number of fused-ring (bicyclic) bond motifs is 2. The van der Waals surface area contributed by atoms with Crippen LogP contribution < -0.4 is 14.8 Å². The van der Waals surface area contributed by atoms with Gasteiger partial charge in [0.1, 0.15) is 23.3 Å². The Kier molecular flexibility index (Phi) is 6.15. The molecule has 1 unspecified atom stereocenters. The van der Waals surface area contributed by atoms with E-state index in [9.17, 15) is 15.2 Å². The molecule has 0 fully saturated rings. The van der Waals surface area contributed by atoms with Gasteiger partial charge in [-0.2, -0.15) is 5.26 Å². The summed E-state index contributed by atoms with van der Waals surface area (Å²) in [6.07, 6.45) is 2.17. The molecule has 2 N–H and O–H groups in total. The first-order valence-electron chi connectivity index (χ1n) is 11.0. The molecule has 0 saturated heterocycles. The van der Waals surface area contributed by atoms with Crippen LogP contribution in [0.3, 0.4) is 0 Å². The molecule has 2 heterocycles. The number of hydrogen-bond acceptors (Lipinski definition) is 7. The standard InChI is InChI=1S/C27H19ClN4O4/c1-15(33)21-8-9-35-25-12-24(17(13-29)11-22(21)25)36-20-5-2-16(3-6-20)26(34)32-27-30-14-18-10-19(28)4-7-23(18)31-27/h2-7,10-12,14,21,33H,1,8-9H2,(H,30,31,32,34). The second kappa shape index (κ2) is 9.56. The van der Waals surface area contributed by atoms with Crippen molar-refractivity contribution in [2.45, 2.75) is 12.3 Å². The van der Waals surface area contributed by atoms with Crippen molar-refractivity contribution in [3.8, 4) is 23.3 Å². The van der Waals surface area contributed by atoms with E-state index in [0.717, 1.165) is 5.39 Å². The summed E-state index contributed by atoms with van der Waals surface area (Å²) in [5, 5.41) is 23.6. The third kappa shape index (κ3) is 4.65. The summed E-state index contributed by atoms with van der Waals surface area (Å²) in [4.78, 5) is 21.2. The van der Waals surface area contributed by atoms with Crippen molar-refractivity contribution in [3.05, 3.63) is 94.8 Å². The molecule has 3 aromatic carbocycles. The molecule has 0 spiro atoms. The summed E-state index contributed by atoms with van der Waals surface area (Å²) in [7, 11) is 0. The fraction of sp³-hybridized carbons (Fsp3) is 0.111. The number of nitrogens with zero attached hydrogens (tertiary/aromatic N) is 3. The largest absolute Gasteiger partial charge is 0.512 e. The lowest BCUT2D eigenvalue weighted by atomic mass is 9.90. The second-order valence-corrected chi connectivity index (χ2v) is 8.59. The van der Waals surface area contributed by atoms with E-state index in [1.165, 1.54) is 0 Å². The van der Waals surface area contributed by atoms with Crippen LogP contribution in [0.5, 0.6) is 17.2 Å². The second-order valence-electron chi connectivity index (χ2n) is 8.16. The highest BCUT2D eigenvalue weighted by Crippen LogP contribution is 2.41. The van der Waals surface area contributed by atoms with Crippen LogP contribution in [-0.2, 0) is 0 Å². The van der Waals surface area contributed by atoms with E-state index in [1.807, 2.05) is 0 Å². The van der Waals surface area contributed by atoms with Crippen LogP contribution in [0.4, 0.5) is 5.95 Å². The maximum absolute atomic E-state index is 12.7. The van der Waals surface area contributed by atoms with Crippen LogP contribution in [0.15, 0.2) is 73.1 Å². The highest BCUT2D eigenvalue weighted by Gasteiger charge is 2.26. The van der Waals surface area contributed by atoms with Crippen LogP contribution in [0.1, 0.15) is 33.8 Å². The van der Waals surface area contributed by atoms with E-state index < -0.39 is 0 Å². The average Bonchev–Trinajstić information content (AvgIpc) is 2.88. The lowest BCUT2D eigenvalue weighted by molar-refractivity contribution is 0.102. The molecule has 1 aliphatic heterocycles. The van der Waals surface area contributed by atoms with E-state index in [4.69, 9.17) is 21.1 Å². The minimum atomic E-state index is -0.384. The average molecular weight is 499 g/mol. The Bertz CT molecular complexity index is 1550. The number of carbonyl (C=O) groups is 1. The van der Waals surface area contributed by atoms with Crippen LogP contribution in [0.2, 0.25) is 5.02 Å². The Balaban J connectivity index is 1.32. The highest BCUT2D eigenvalue weighted by molar-refractivity contribution is 6.31. The molecular formula is C27H19ClN4O4. The number of anilines is 1. The quantitative estimate of drug-likeness (QED) is 0.317. The topological polar surface area (TPSA) is 117 Å². The zero-order valence-electron chi connectivity index (χ0n) is 18.9. The Morgan fingerprint density at radius 2 is 2.03 bits per heavy atom. The molecule has 1 aromatic heterocycles. The van der Waals surface area contributed by atoms with Crippen molar-refractivity contribution in [1.29, 1.82) is 5.26 Å². The molecule has 178 valence electrons. The summed E-state index contributed by atoms with van der Waals surface area (Å²) in [6.45, 7) is 4.05. The first kappa shape index (κ1) is 23.1. The Labute approximate surface area is 211 Å². The SMILES string of the molecule is C=C(O)C1CCOc2cc(Oc3ccc(C(=O)Nc4ncc5cc(Cl)ccc5n4)cc3)c(C#N)cc21. The van der Waals surface area contributed by atoms with Gasteiger partial charge >= 0.3 is 0 Å². The van der Waals surface area contributed by atoms with Gasteiger partial charge in [0.15, 0.2) is 0 Å². The van der Waals surface area contributed by atoms with E-state index in [-0.39, 0.29) is 23.5 Å². The van der Waals surface area contributed by atoms with Gasteiger partial charge in [-0.25, -0.2) is 9.97 Å². The normalized spacial score (nSPS) is 14.3. The molecule has 5 rings (SSSR count). The van der Waals surface area contributed by atoms with Crippen LogP contribution in [0.25, 0.3) is 10.9 Å². The monoisotopic (exact) mass is 498 g/mol. The van der Waals surface area contributed by atoms with E-state index in [1.54, 1.807) is 60.8 Å². The first-order chi connectivity index (χ1) is 17.4. The zero-order chi connectivity index (χ0) is 25.2. The third-order valence-electron chi connectivity index (χ3n) is 5.79. The van der Waals surface area contributed by atoms with E-state index >= 15 is 0 Å². The van der Waals surface area contributed by atoms with Crippen LogP contribution >= 0.6 is 11.6 Å². The number of amides is 1. The molecule has 9 heteroatoms. The molecule has 0 aliphatic carbocycles. The molecular weight excluding hydrogens is 480 g/mol. The molecule has 1 aliphatic rings. The lowest BCUT2D eigenvalue weighted by Crippen LogP contribution is -2.16. The number of rotatable bonds is 5. The van der Waals surface area contributed by atoms with Crippen molar-refractivity contribution in [1.82, 2.24) is 9.97 Å². The van der Waals surface area contributed by atoms with Gasteiger partial charge in [0.2, 0.25) is 5.95 Å². The summed E-state index contributed by atoms with van der Waals surface area (Å²) in [6, 6.07) is 17.1. The van der Waals surface area contributed by atoms with Gasteiger partial charge in [0.05, 0.1) is 23.4 Å². The highest BCUT2D eigenvalue weighted by atomic mass is 35.5. The minimum absolute atomic E-state index is 0.0319. The van der Waals surface area contributed by atoms with Gasteiger partial charge in [-0.3, -0.25) is 10.1 Å². The van der Waals surface area contributed by atoms with Crippen molar-refractivity contribution >= 4 is 34.4 Å². The van der Waals surface area contributed by atoms with Gasteiger partial charge < -0.3 is 14.6 Å². The van der Waals surface area contributed by atoms with Crippen molar-refractivity contribution < 1.29 is 19.4 Å². The Morgan fingerprint density at radius 1 is 1.22 bits per heavy atom. The van der Waals surface area contributed by atoms with Gasteiger partial charge in [0, 0.05) is 39.7 Å². The summed E-state index contributed by atoms with van der Waals surface area (Å²) in [5.41, 5.74) is 2.02. The molecule has 0 saturated carbocycles. The summed E-state index contributed by atoms with van der Waals surface area (Å²) < 4.78 is 11.6. The van der Waals surface area contributed by atoms with E-state index in [0.29, 0.717) is 57.5 Å². The van der Waals surface area contributed by atoms with Crippen LogP contribution in [0, 0.1) is 11.3 Å². The predicted molar refractivity (Wildman–Crippen MR) is 135 cm³/mol. The number of nitriles is 1. The van der Waals surface area contributed by atoms with Gasteiger partial charge in [-0.05, 0) is 55.0 Å². The van der Waals surface area contributed by atoms with E-state index in [2.05, 4.69) is 27.9 Å². The third-order valence-corrected chi connectivity index (χ3v) is 6.02. The zero-order valence-corrected chi connectivity index (χ0v) is 19.6. The number of hydrogen-bond donors (Lipinski definition) is 2. The fourth-order valence-electron chi connectivity index (χ4n) is 3.97. The number of aliphatic hydroxyl groups excluding tert-OH is 1. The smallest absolute Gasteiger partial charge is 0.258 e. The fourth-order valence-corrected chi connectivity index (χ4v) is 4.16. The minimum Gasteiger partial charge on any atom is -0.512 e. The lowest BCUT2D eigenvalue weighted by Gasteiger charge is -2.26. The van der Waals surface area contributed by atoms with Crippen molar-refractivity contribution in [2.24, 2.45) is 0 Å². The molecule has 1 amide bonds. The van der Waals surface area contributed by atoms with Crippen molar-refractivity contribution in [2.75, 3.05) is 11.9 Å². The molecule has 8 nitrogen and oxygen atoms in total. The number of carbonyl (C=O) groups excluding carboxylic acids is 1. The van der Waals surface area contributed by atoms with Gasteiger partial charge in [-0.1, -0.05) is 18.2 Å². The van der Waals surface area contributed by atoms with Crippen LogP contribution in [-0.4, -0.2) is 27.6 Å². The molecule has 1 atom stereocenters. The van der Waals surface area contributed by atoms with Crippen molar-refractivity contribution in [3.63, 3.8) is 0 Å². The maximum atomic E-state index is 12.7. The molecule has 0 radical (unpaired) electrons. The molecule has 0 bridgehead atoms. The number of aliphatic hydroxyl groups is 1. The Hall–Kier alpha value is -4.61. The van der Waals surface area contributed by atoms with Gasteiger partial charge in [0.25, 0.3) is 5.91 Å². The molecule has 4 aromatic rings. The number of halogens is 1. The number of benzene rings is 3. The Morgan fingerprint density at radius 3 is 2.78 bits per heavy atom. The number of ether oxygens (including phenoxy) is 2. The number of aromatic nitrogens is 2. The maximum Gasteiger partial charge on any atom is 0.258 e. The summed E-state index contributed by atoms with van der Waals surface area (Å²) in [5.74, 6) is 0.797. The first-order valence-corrected chi connectivity index (χ1v) is 11.4. The predicted octanol–water partition coefficient (Wildman–Crippen LogP) is 6.14. The number of nitrogens with one attached hydrogen (secondary N) is 1. The summed E-state index contributed by atoms with van der Waals surface area (Å²) >= 11 is 5.98.